The van der Waals surface area contributed by atoms with Crippen molar-refractivity contribution in [3.05, 3.63) is 24.0 Å². The lowest BCUT2D eigenvalue weighted by molar-refractivity contribution is -0.442. The van der Waals surface area contributed by atoms with E-state index in [1.165, 1.54) is 19.6 Å². The molecule has 0 atom stereocenters. The molecule has 0 aliphatic carbocycles. The van der Waals surface area contributed by atoms with Gasteiger partial charge in [0.15, 0.2) is 8.24 Å². The molecule has 1 heterocycles. The molecule has 0 aliphatic rings. The van der Waals surface area contributed by atoms with E-state index in [4.69, 9.17) is 0 Å². The van der Waals surface area contributed by atoms with E-state index in [9.17, 15) is 57.1 Å². The Hall–Kier alpha value is -1.41. The Kier molecular flexibility index (Phi) is 5.53. The van der Waals surface area contributed by atoms with E-state index < -0.39 is 49.7 Å². The predicted molar refractivity (Wildman–Crippen MR) is 72.9 cm³/mol. The fourth-order valence-electron chi connectivity index (χ4n) is 2.15. The van der Waals surface area contributed by atoms with Gasteiger partial charge in [-0.05, 0) is 18.3 Å². The number of hydrogen-bond donors (Lipinski definition) is 0. The number of nitrogens with zero attached hydrogens (tertiary/aromatic N) is 1. The van der Waals surface area contributed by atoms with E-state index in [1.807, 2.05) is 0 Å². The third-order valence-corrected chi connectivity index (χ3v) is 5.56. The van der Waals surface area contributed by atoms with Crippen LogP contribution >= 0.6 is 0 Å². The van der Waals surface area contributed by atoms with Crippen molar-refractivity contribution in [3.8, 4) is 0 Å². The summed E-state index contributed by atoms with van der Waals surface area (Å²) in [5, 5.41) is 0. The maximum Gasteiger partial charge on any atom is 0.460 e. The second-order valence-electron chi connectivity index (χ2n) is 6.80. The summed E-state index contributed by atoms with van der Waals surface area (Å²) < 4.78 is 172. The Morgan fingerprint density at radius 3 is 1.39 bits per heavy atom. The largest absolute Gasteiger partial charge is 0.460 e. The minimum absolute atomic E-state index is 0.155. The fourth-order valence-corrected chi connectivity index (χ4v) is 3.62. The zero-order valence-corrected chi connectivity index (χ0v) is 15.1. The molecule has 0 bridgehead atoms. The van der Waals surface area contributed by atoms with Crippen LogP contribution in [0.5, 0.6) is 0 Å². The monoisotopic (exact) mass is 457 g/mol. The van der Waals surface area contributed by atoms with Gasteiger partial charge in [0, 0.05) is 0 Å². The molecule has 0 aromatic carbocycles. The molecule has 0 saturated heterocycles. The van der Waals surface area contributed by atoms with Gasteiger partial charge < -0.3 is 4.23 Å². The smallest absolute Gasteiger partial charge is 0.373 e. The van der Waals surface area contributed by atoms with Crippen molar-refractivity contribution in [2.75, 3.05) is 0 Å². The lowest BCUT2D eigenvalue weighted by Gasteiger charge is -2.40. The molecule has 1 nitrogen and oxygen atoms in total. The summed E-state index contributed by atoms with van der Waals surface area (Å²) in [5.41, 5.74) is -1.93. The number of rotatable bonds is 6. The zero-order valence-electron chi connectivity index (χ0n) is 14.1. The van der Waals surface area contributed by atoms with Gasteiger partial charge in [-0.3, -0.25) is 0 Å². The Balaban J connectivity index is 3.66. The highest BCUT2D eigenvalue weighted by molar-refractivity contribution is 6.74. The quantitative estimate of drug-likeness (QED) is 0.346. The van der Waals surface area contributed by atoms with Crippen LogP contribution in [0.3, 0.4) is 0 Å². The number of hydrogen-bond acceptors (Lipinski definition) is 0. The topological polar surface area (TPSA) is 4.93 Å². The third kappa shape index (κ3) is 3.18. The molecule has 0 unspecified atom stereocenters. The van der Waals surface area contributed by atoms with Crippen LogP contribution in [0, 0.1) is 0 Å². The van der Waals surface area contributed by atoms with Gasteiger partial charge in [0.05, 0.1) is 5.69 Å². The molecule has 0 fully saturated rings. The van der Waals surface area contributed by atoms with Crippen molar-refractivity contribution in [2.45, 2.75) is 55.4 Å². The highest BCUT2D eigenvalue weighted by Crippen LogP contribution is 2.62. The van der Waals surface area contributed by atoms with E-state index >= 15 is 0 Å². The van der Waals surface area contributed by atoms with Crippen LogP contribution in [0.2, 0.25) is 19.6 Å². The number of halogens is 13. The minimum Gasteiger partial charge on any atom is -0.373 e. The summed E-state index contributed by atoms with van der Waals surface area (Å²) in [7, 11) is -3.04. The van der Waals surface area contributed by atoms with Crippen LogP contribution in [0.4, 0.5) is 57.1 Å². The normalized spacial score (nSPS) is 15.9. The molecule has 0 spiro atoms. The Morgan fingerprint density at radius 2 is 1.04 bits per heavy atom. The third-order valence-electron chi connectivity index (χ3n) is 3.73. The van der Waals surface area contributed by atoms with Crippen molar-refractivity contribution in [1.82, 2.24) is 4.23 Å². The van der Waals surface area contributed by atoms with Crippen molar-refractivity contribution >= 4 is 8.24 Å². The Labute approximate surface area is 150 Å². The molecule has 164 valence electrons. The number of alkyl halides is 13. The van der Waals surface area contributed by atoms with Crippen molar-refractivity contribution < 1.29 is 57.1 Å². The first-order valence-electron chi connectivity index (χ1n) is 7.12. The van der Waals surface area contributed by atoms with Crippen LogP contribution in [0.1, 0.15) is 5.69 Å². The Morgan fingerprint density at radius 1 is 0.643 bits per heavy atom. The second kappa shape index (κ2) is 6.29. The highest BCUT2D eigenvalue weighted by Gasteiger charge is 2.91. The molecular weight excluding hydrogens is 445 g/mol. The van der Waals surface area contributed by atoms with Gasteiger partial charge in [-0.25, -0.2) is 0 Å². The molecule has 0 saturated carbocycles. The fraction of sp³-hybridized carbons (Fsp3) is 0.692. The average Bonchev–Trinajstić information content (AvgIpc) is 2.95. The maximum atomic E-state index is 14.2. The summed E-state index contributed by atoms with van der Waals surface area (Å²) in [6.45, 7) is 3.78. The molecule has 0 N–H and O–H groups in total. The summed E-state index contributed by atoms with van der Waals surface area (Å²) in [6.07, 6.45) is -6.67. The molecule has 1 aromatic rings. The molecular formula is C13H12F13NSi. The van der Waals surface area contributed by atoms with E-state index in [0.29, 0.717) is 10.3 Å². The van der Waals surface area contributed by atoms with Gasteiger partial charge in [-0.2, -0.15) is 57.1 Å². The molecule has 0 radical (unpaired) electrons. The van der Waals surface area contributed by atoms with Crippen LogP contribution in [0.25, 0.3) is 0 Å². The summed E-state index contributed by atoms with van der Waals surface area (Å²) in [6, 6.07) is 0.834. The molecule has 0 aliphatic heterocycles. The first-order valence-corrected chi connectivity index (χ1v) is 10.6. The van der Waals surface area contributed by atoms with Gasteiger partial charge in [0.25, 0.3) is 0 Å². The molecule has 0 amide bonds. The van der Waals surface area contributed by atoms with Gasteiger partial charge in [-0.1, -0.05) is 19.6 Å². The van der Waals surface area contributed by atoms with Gasteiger partial charge >= 0.3 is 35.8 Å². The summed E-state index contributed by atoms with van der Waals surface area (Å²) in [4.78, 5) is 0. The van der Waals surface area contributed by atoms with E-state index in [1.54, 1.807) is 0 Å². The van der Waals surface area contributed by atoms with Crippen LogP contribution in [-0.4, -0.2) is 42.3 Å². The maximum absolute atomic E-state index is 14.2. The van der Waals surface area contributed by atoms with E-state index in [-0.39, 0.29) is 6.07 Å². The lowest BCUT2D eigenvalue weighted by Crippen LogP contribution is -2.69. The SMILES string of the molecule is C[Si](C)(C)n1cccc1C(F)(F)C(F)(F)C(F)(F)C(F)(F)C(F)(F)C(F)(F)F. The summed E-state index contributed by atoms with van der Waals surface area (Å²) in [5.74, 6) is -36.9. The highest BCUT2D eigenvalue weighted by atomic mass is 28.3. The lowest BCUT2D eigenvalue weighted by atomic mass is 9.92. The van der Waals surface area contributed by atoms with E-state index in [0.717, 1.165) is 6.20 Å². The molecule has 28 heavy (non-hydrogen) atoms. The standard InChI is InChI=1S/C13H12F13NSi/c1-28(2,3)27-6-4-5-7(27)8(14,15)9(16,17)10(18,19)11(20,21)12(22,23)13(24,25)26/h4-6H,1-3H3. The van der Waals surface area contributed by atoms with Crippen LogP contribution in [0.15, 0.2) is 18.3 Å². The van der Waals surface area contributed by atoms with Gasteiger partial charge in [0.1, 0.15) is 0 Å². The second-order valence-corrected chi connectivity index (χ2v) is 11.6. The molecule has 1 rings (SSSR count). The van der Waals surface area contributed by atoms with Crippen molar-refractivity contribution in [1.29, 1.82) is 0 Å². The predicted octanol–water partition coefficient (Wildman–Crippen LogP) is 6.37. The van der Waals surface area contributed by atoms with Crippen LogP contribution < -0.4 is 0 Å². The van der Waals surface area contributed by atoms with E-state index in [2.05, 4.69) is 0 Å². The first kappa shape index (κ1) is 24.6. The van der Waals surface area contributed by atoms with Gasteiger partial charge in [-0.15, -0.1) is 0 Å². The number of aromatic nitrogens is 1. The summed E-state index contributed by atoms with van der Waals surface area (Å²) >= 11 is 0. The minimum atomic E-state index is -7.89. The zero-order chi connectivity index (χ0) is 22.8. The Bertz CT molecular complexity index is 711. The van der Waals surface area contributed by atoms with Crippen molar-refractivity contribution in [3.63, 3.8) is 0 Å². The van der Waals surface area contributed by atoms with Gasteiger partial charge in [0.2, 0.25) is 0 Å². The molecule has 1 aromatic heterocycles. The first-order chi connectivity index (χ1) is 12.0. The average molecular weight is 457 g/mol. The molecule has 15 heteroatoms. The van der Waals surface area contributed by atoms with Crippen molar-refractivity contribution in [2.24, 2.45) is 0 Å². The van der Waals surface area contributed by atoms with Crippen LogP contribution in [-0.2, 0) is 5.92 Å².